The summed E-state index contributed by atoms with van der Waals surface area (Å²) in [6, 6.07) is 1.77. The summed E-state index contributed by atoms with van der Waals surface area (Å²) >= 11 is 1.40. The second-order valence-corrected chi connectivity index (χ2v) is 8.42. The highest BCUT2D eigenvalue weighted by molar-refractivity contribution is 7.89. The van der Waals surface area contributed by atoms with Crippen LogP contribution >= 0.6 is 11.3 Å². The van der Waals surface area contributed by atoms with Crippen molar-refractivity contribution in [1.82, 2.24) is 14.3 Å². The molecule has 0 amide bonds. The first-order chi connectivity index (χ1) is 10.6. The summed E-state index contributed by atoms with van der Waals surface area (Å²) in [5.41, 5.74) is -0.181. The van der Waals surface area contributed by atoms with E-state index in [0.29, 0.717) is 10.2 Å². The highest BCUT2D eigenvalue weighted by Crippen LogP contribution is 2.18. The highest BCUT2D eigenvalue weighted by Gasteiger charge is 2.20. The van der Waals surface area contributed by atoms with Crippen molar-refractivity contribution in [2.24, 2.45) is 0 Å². The fraction of sp³-hybridized carbons (Fsp3) is 0.571. The Labute approximate surface area is 133 Å². The number of hydrogen-bond acceptors (Lipinski definition) is 5. The number of sulfonamides is 1. The molecule has 0 bridgehead atoms. The largest absolute Gasteiger partial charge is 0.298 e. The van der Waals surface area contributed by atoms with Gasteiger partial charge in [-0.15, -0.1) is 11.3 Å². The van der Waals surface area contributed by atoms with Crippen LogP contribution < -0.4 is 10.3 Å². The molecular weight excluding hydrogens is 322 g/mol. The second-order valence-electron chi connectivity index (χ2n) is 5.65. The summed E-state index contributed by atoms with van der Waals surface area (Å²) in [7, 11) is -3.37. The Hall–Kier alpha value is -1.25. The summed E-state index contributed by atoms with van der Waals surface area (Å²) in [6.45, 7) is 0.125. The summed E-state index contributed by atoms with van der Waals surface area (Å²) in [5, 5.41) is 2.36. The van der Waals surface area contributed by atoms with Crippen LogP contribution in [0.15, 0.2) is 22.6 Å². The van der Waals surface area contributed by atoms with Crippen LogP contribution in [0.4, 0.5) is 0 Å². The fourth-order valence-corrected chi connectivity index (χ4v) is 4.83. The minimum absolute atomic E-state index is 0.0490. The van der Waals surface area contributed by atoms with Crippen molar-refractivity contribution in [1.29, 1.82) is 0 Å². The van der Waals surface area contributed by atoms with Gasteiger partial charge in [-0.3, -0.25) is 9.36 Å². The Balaban J connectivity index is 1.67. The van der Waals surface area contributed by atoms with E-state index in [0.717, 1.165) is 25.7 Å². The number of rotatable bonds is 5. The fourth-order valence-electron chi connectivity index (χ4n) is 2.80. The van der Waals surface area contributed by atoms with E-state index in [1.54, 1.807) is 6.07 Å². The maximum Gasteiger partial charge on any atom is 0.262 e. The van der Waals surface area contributed by atoms with Gasteiger partial charge in [0.25, 0.3) is 5.56 Å². The Kier molecular flexibility index (Phi) is 4.60. The zero-order valence-electron chi connectivity index (χ0n) is 12.2. The van der Waals surface area contributed by atoms with Gasteiger partial charge < -0.3 is 0 Å². The molecule has 1 aliphatic carbocycles. The van der Waals surface area contributed by atoms with E-state index in [1.165, 1.54) is 28.7 Å². The summed E-state index contributed by atoms with van der Waals surface area (Å²) in [6.07, 6.45) is 6.57. The maximum atomic E-state index is 12.2. The summed E-state index contributed by atoms with van der Waals surface area (Å²) in [4.78, 5) is 17.1. The van der Waals surface area contributed by atoms with E-state index in [4.69, 9.17) is 0 Å². The molecule has 0 radical (unpaired) electrons. The predicted octanol–water partition coefficient (Wildman–Crippen LogP) is 1.71. The van der Waals surface area contributed by atoms with Gasteiger partial charge in [-0.2, -0.15) is 0 Å². The predicted molar refractivity (Wildman–Crippen MR) is 87.7 cm³/mol. The van der Waals surface area contributed by atoms with Crippen molar-refractivity contribution in [2.45, 2.75) is 44.7 Å². The lowest BCUT2D eigenvalue weighted by Gasteiger charge is -2.22. The number of aromatic nitrogens is 2. The monoisotopic (exact) mass is 341 g/mol. The van der Waals surface area contributed by atoms with E-state index in [2.05, 4.69) is 9.71 Å². The molecule has 1 fully saturated rings. The van der Waals surface area contributed by atoms with Crippen molar-refractivity contribution in [3.8, 4) is 0 Å². The van der Waals surface area contributed by atoms with Gasteiger partial charge in [-0.1, -0.05) is 19.3 Å². The number of fused-ring (bicyclic) bond motifs is 1. The third-order valence-electron chi connectivity index (χ3n) is 4.00. The molecule has 0 unspecified atom stereocenters. The molecule has 22 heavy (non-hydrogen) atoms. The number of hydrogen-bond donors (Lipinski definition) is 1. The van der Waals surface area contributed by atoms with Gasteiger partial charge >= 0.3 is 0 Å². The topological polar surface area (TPSA) is 81.1 Å². The molecule has 0 atom stereocenters. The van der Waals surface area contributed by atoms with Gasteiger partial charge in [0.1, 0.15) is 4.83 Å². The molecule has 6 nitrogen and oxygen atoms in total. The molecule has 0 aliphatic heterocycles. The molecule has 120 valence electrons. The minimum Gasteiger partial charge on any atom is -0.298 e. The zero-order chi connectivity index (χ0) is 15.6. The van der Waals surface area contributed by atoms with Crippen LogP contribution in [0.3, 0.4) is 0 Å². The van der Waals surface area contributed by atoms with Crippen LogP contribution in [0.5, 0.6) is 0 Å². The van der Waals surface area contributed by atoms with E-state index in [1.807, 2.05) is 5.38 Å². The maximum absolute atomic E-state index is 12.2. The van der Waals surface area contributed by atoms with Crippen molar-refractivity contribution < 1.29 is 8.42 Å². The van der Waals surface area contributed by atoms with E-state index in [9.17, 15) is 13.2 Å². The van der Waals surface area contributed by atoms with Gasteiger partial charge in [0, 0.05) is 12.6 Å². The first-order valence-electron chi connectivity index (χ1n) is 7.48. The van der Waals surface area contributed by atoms with Crippen molar-refractivity contribution in [3.05, 3.63) is 28.1 Å². The molecule has 1 aliphatic rings. The van der Waals surface area contributed by atoms with Crippen LogP contribution in [0.25, 0.3) is 10.2 Å². The smallest absolute Gasteiger partial charge is 0.262 e. The third kappa shape index (κ3) is 3.56. The Bertz CT molecular complexity index is 804. The van der Waals surface area contributed by atoms with Gasteiger partial charge in [0.05, 0.1) is 17.5 Å². The standard InChI is InChI=1S/C14H19N3O3S2/c18-14-12-6-8-21-13(12)15-10-17(14)7-9-22(19,20)16-11-4-2-1-3-5-11/h6,8,10-11,16H,1-5,7,9H2. The SMILES string of the molecule is O=c1c2ccsc2ncn1CCS(=O)(=O)NC1CCCCC1. The third-order valence-corrected chi connectivity index (χ3v) is 6.24. The van der Waals surface area contributed by atoms with Gasteiger partial charge in [0.15, 0.2) is 0 Å². The molecule has 2 aromatic rings. The van der Waals surface area contributed by atoms with Gasteiger partial charge in [-0.25, -0.2) is 18.1 Å². The van der Waals surface area contributed by atoms with E-state index < -0.39 is 10.0 Å². The molecule has 2 aromatic heterocycles. The molecular formula is C14H19N3O3S2. The quantitative estimate of drug-likeness (QED) is 0.898. The average Bonchev–Trinajstić information content (AvgIpc) is 2.96. The average molecular weight is 341 g/mol. The van der Waals surface area contributed by atoms with Gasteiger partial charge in [-0.05, 0) is 24.3 Å². The summed E-state index contributed by atoms with van der Waals surface area (Å²) < 4.78 is 28.4. The van der Waals surface area contributed by atoms with Crippen LogP contribution in [0, 0.1) is 0 Å². The lowest BCUT2D eigenvalue weighted by Crippen LogP contribution is -2.39. The van der Waals surface area contributed by atoms with Crippen LogP contribution in [0.1, 0.15) is 32.1 Å². The first-order valence-corrected chi connectivity index (χ1v) is 10.0. The molecule has 2 heterocycles. The van der Waals surface area contributed by atoms with Crippen molar-refractivity contribution >= 4 is 31.6 Å². The lowest BCUT2D eigenvalue weighted by molar-refractivity contribution is 0.411. The highest BCUT2D eigenvalue weighted by atomic mass is 32.2. The number of nitrogens with one attached hydrogen (secondary N) is 1. The van der Waals surface area contributed by atoms with Crippen molar-refractivity contribution in [2.75, 3.05) is 5.75 Å². The van der Waals surface area contributed by atoms with Crippen LogP contribution in [-0.2, 0) is 16.6 Å². The number of thiophene rings is 1. The lowest BCUT2D eigenvalue weighted by atomic mass is 9.96. The Morgan fingerprint density at radius 2 is 2.09 bits per heavy atom. The summed E-state index contributed by atoms with van der Waals surface area (Å²) in [5.74, 6) is -0.0965. The van der Waals surface area contributed by atoms with Crippen LogP contribution in [-0.4, -0.2) is 29.8 Å². The first kappa shape index (κ1) is 15.6. The van der Waals surface area contributed by atoms with E-state index >= 15 is 0 Å². The molecule has 8 heteroatoms. The second kappa shape index (κ2) is 6.47. The molecule has 0 saturated heterocycles. The molecule has 3 rings (SSSR count). The normalized spacial score (nSPS) is 17.1. The van der Waals surface area contributed by atoms with Crippen LogP contribution in [0.2, 0.25) is 0 Å². The molecule has 1 saturated carbocycles. The Morgan fingerprint density at radius 3 is 2.86 bits per heavy atom. The zero-order valence-corrected chi connectivity index (χ0v) is 13.8. The number of nitrogens with zero attached hydrogens (tertiary/aromatic N) is 2. The minimum atomic E-state index is -3.37. The molecule has 1 N–H and O–H groups in total. The Morgan fingerprint density at radius 1 is 1.32 bits per heavy atom. The van der Waals surface area contributed by atoms with Gasteiger partial charge in [0.2, 0.25) is 10.0 Å². The van der Waals surface area contributed by atoms with Crippen molar-refractivity contribution in [3.63, 3.8) is 0 Å². The molecule has 0 spiro atoms. The number of aryl methyl sites for hydroxylation is 1. The van der Waals surface area contributed by atoms with E-state index in [-0.39, 0.29) is 23.9 Å². The molecule has 0 aromatic carbocycles.